The van der Waals surface area contributed by atoms with E-state index in [-0.39, 0.29) is 11.5 Å². The number of para-hydroxylation sites is 1. The number of nitriles is 2. The van der Waals surface area contributed by atoms with Gasteiger partial charge in [-0.05, 0) is 48.5 Å². The summed E-state index contributed by atoms with van der Waals surface area (Å²) in [4.78, 5) is 14.8. The van der Waals surface area contributed by atoms with Crippen molar-refractivity contribution >= 4 is 23.0 Å². The summed E-state index contributed by atoms with van der Waals surface area (Å²) in [5.41, 5.74) is 2.73. The molecule has 1 N–H and O–H groups in total. The first kappa shape index (κ1) is 18.4. The summed E-state index contributed by atoms with van der Waals surface area (Å²) in [6, 6.07) is 29.3. The minimum Gasteiger partial charge on any atom is -0.360 e. The van der Waals surface area contributed by atoms with Crippen LogP contribution in [-0.2, 0) is 0 Å². The smallest absolute Gasteiger partial charge is 0.262 e. The molecule has 0 spiro atoms. The summed E-state index contributed by atoms with van der Waals surface area (Å²) in [6.07, 6.45) is 1.35. The molecule has 3 rings (SSSR count). The molecule has 0 unspecified atom stereocenters. The molecule has 0 aromatic heterocycles. The highest BCUT2D eigenvalue weighted by molar-refractivity contribution is 6.10. The molecule has 28 heavy (non-hydrogen) atoms. The molecule has 5 heteroatoms. The van der Waals surface area contributed by atoms with Gasteiger partial charge in [-0.15, -0.1) is 0 Å². The van der Waals surface area contributed by atoms with Crippen LogP contribution in [0, 0.1) is 22.7 Å². The van der Waals surface area contributed by atoms with E-state index < -0.39 is 0 Å². The first-order valence-corrected chi connectivity index (χ1v) is 8.54. The van der Waals surface area contributed by atoms with E-state index in [4.69, 9.17) is 10.5 Å². The first-order valence-electron chi connectivity index (χ1n) is 8.54. The quantitative estimate of drug-likeness (QED) is 0.646. The van der Waals surface area contributed by atoms with Crippen molar-refractivity contribution in [3.8, 4) is 12.1 Å². The SMILES string of the molecule is N#CC(C#N)=CNc1ccc(N(C(=O)c2ccccc2)c2ccccc2)cc1. The van der Waals surface area contributed by atoms with Crippen LogP contribution in [0.5, 0.6) is 0 Å². The Kier molecular flexibility index (Phi) is 5.82. The zero-order valence-electron chi connectivity index (χ0n) is 14.9. The highest BCUT2D eigenvalue weighted by Gasteiger charge is 2.19. The Hall–Kier alpha value is -4.35. The van der Waals surface area contributed by atoms with Crippen molar-refractivity contribution in [3.05, 3.63) is 102 Å². The van der Waals surface area contributed by atoms with Crippen molar-refractivity contribution in [1.82, 2.24) is 0 Å². The van der Waals surface area contributed by atoms with Crippen LogP contribution in [0.25, 0.3) is 0 Å². The Bertz CT molecular complexity index is 1040. The number of anilines is 3. The van der Waals surface area contributed by atoms with Crippen LogP contribution in [0.3, 0.4) is 0 Å². The third-order valence-electron chi connectivity index (χ3n) is 3.99. The maximum Gasteiger partial charge on any atom is 0.262 e. The molecule has 0 saturated heterocycles. The monoisotopic (exact) mass is 364 g/mol. The lowest BCUT2D eigenvalue weighted by molar-refractivity contribution is 0.0999. The van der Waals surface area contributed by atoms with Gasteiger partial charge in [0.15, 0.2) is 0 Å². The summed E-state index contributed by atoms with van der Waals surface area (Å²) in [5, 5.41) is 20.5. The van der Waals surface area contributed by atoms with E-state index >= 15 is 0 Å². The van der Waals surface area contributed by atoms with Gasteiger partial charge in [-0.3, -0.25) is 9.69 Å². The Morgan fingerprint density at radius 3 is 1.89 bits per heavy atom. The Morgan fingerprint density at radius 1 is 0.786 bits per heavy atom. The standard InChI is InChI=1S/C23H16N4O/c24-15-18(16-25)17-26-20-11-13-22(14-12-20)27(21-9-5-2-6-10-21)23(28)19-7-3-1-4-8-19/h1-14,17,26H. The van der Waals surface area contributed by atoms with Crippen LogP contribution in [0.1, 0.15) is 10.4 Å². The van der Waals surface area contributed by atoms with E-state index in [2.05, 4.69) is 5.32 Å². The lowest BCUT2D eigenvalue weighted by Crippen LogP contribution is -2.25. The molecule has 3 aromatic rings. The molecule has 0 atom stereocenters. The van der Waals surface area contributed by atoms with Crippen LogP contribution >= 0.6 is 0 Å². The first-order chi connectivity index (χ1) is 13.7. The lowest BCUT2D eigenvalue weighted by atomic mass is 10.1. The normalized spacial score (nSPS) is 9.50. The van der Waals surface area contributed by atoms with E-state index in [1.807, 2.05) is 60.7 Å². The summed E-state index contributed by atoms with van der Waals surface area (Å²) in [5.74, 6) is -0.136. The van der Waals surface area contributed by atoms with Crippen molar-refractivity contribution in [3.63, 3.8) is 0 Å². The van der Waals surface area contributed by atoms with Crippen molar-refractivity contribution < 1.29 is 4.79 Å². The molecule has 0 aliphatic heterocycles. The van der Waals surface area contributed by atoms with Crippen LogP contribution in [0.15, 0.2) is 96.7 Å². The summed E-state index contributed by atoms with van der Waals surface area (Å²) in [7, 11) is 0. The Labute approximate surface area is 163 Å². The molecular weight excluding hydrogens is 348 g/mol. The number of amides is 1. The van der Waals surface area contributed by atoms with Crippen LogP contribution in [-0.4, -0.2) is 5.91 Å². The minimum atomic E-state index is -0.136. The fourth-order valence-electron chi connectivity index (χ4n) is 2.62. The van der Waals surface area contributed by atoms with Gasteiger partial charge in [0.1, 0.15) is 17.7 Å². The second-order valence-electron chi connectivity index (χ2n) is 5.81. The summed E-state index contributed by atoms with van der Waals surface area (Å²) in [6.45, 7) is 0. The number of hydrogen-bond donors (Lipinski definition) is 1. The molecule has 0 radical (unpaired) electrons. The van der Waals surface area contributed by atoms with Crippen LogP contribution < -0.4 is 10.2 Å². The average Bonchev–Trinajstić information content (AvgIpc) is 2.77. The topological polar surface area (TPSA) is 79.9 Å². The van der Waals surface area contributed by atoms with Crippen LogP contribution in [0.2, 0.25) is 0 Å². The third kappa shape index (κ3) is 4.24. The van der Waals surface area contributed by atoms with E-state index in [1.54, 1.807) is 41.3 Å². The second kappa shape index (κ2) is 8.84. The highest BCUT2D eigenvalue weighted by atomic mass is 16.2. The molecule has 0 aliphatic carbocycles. The molecule has 3 aromatic carbocycles. The molecule has 0 fully saturated rings. The molecule has 0 bridgehead atoms. The van der Waals surface area contributed by atoms with Gasteiger partial charge in [0, 0.05) is 28.8 Å². The molecule has 0 heterocycles. The fraction of sp³-hybridized carbons (Fsp3) is 0. The predicted octanol–water partition coefficient (Wildman–Crippen LogP) is 5.01. The maximum atomic E-state index is 13.2. The number of rotatable bonds is 5. The largest absolute Gasteiger partial charge is 0.360 e. The van der Waals surface area contributed by atoms with Crippen molar-refractivity contribution in [2.45, 2.75) is 0 Å². The molecule has 0 aliphatic rings. The Morgan fingerprint density at radius 2 is 1.32 bits per heavy atom. The van der Waals surface area contributed by atoms with Gasteiger partial charge in [-0.25, -0.2) is 0 Å². The number of benzene rings is 3. The predicted molar refractivity (Wildman–Crippen MR) is 109 cm³/mol. The van der Waals surface area contributed by atoms with E-state index in [0.29, 0.717) is 16.9 Å². The van der Waals surface area contributed by atoms with E-state index in [1.165, 1.54) is 6.20 Å². The molecule has 134 valence electrons. The van der Waals surface area contributed by atoms with Gasteiger partial charge in [0.25, 0.3) is 5.91 Å². The average molecular weight is 364 g/mol. The minimum absolute atomic E-state index is 0.0192. The van der Waals surface area contributed by atoms with Gasteiger partial charge < -0.3 is 5.32 Å². The number of nitrogens with zero attached hydrogens (tertiary/aromatic N) is 3. The number of hydrogen-bond acceptors (Lipinski definition) is 4. The lowest BCUT2D eigenvalue weighted by Gasteiger charge is -2.23. The summed E-state index contributed by atoms with van der Waals surface area (Å²) >= 11 is 0. The molecule has 0 saturated carbocycles. The van der Waals surface area contributed by atoms with E-state index in [9.17, 15) is 4.79 Å². The fourth-order valence-corrected chi connectivity index (χ4v) is 2.62. The summed E-state index contributed by atoms with van der Waals surface area (Å²) < 4.78 is 0. The second-order valence-corrected chi connectivity index (χ2v) is 5.81. The van der Waals surface area contributed by atoms with Gasteiger partial charge in [-0.2, -0.15) is 10.5 Å². The number of allylic oxidation sites excluding steroid dienone is 1. The molecular formula is C23H16N4O. The number of nitrogens with one attached hydrogen (secondary N) is 1. The zero-order valence-corrected chi connectivity index (χ0v) is 14.9. The van der Waals surface area contributed by atoms with Crippen molar-refractivity contribution in [2.75, 3.05) is 10.2 Å². The van der Waals surface area contributed by atoms with Crippen LogP contribution in [0.4, 0.5) is 17.1 Å². The highest BCUT2D eigenvalue weighted by Crippen LogP contribution is 2.28. The van der Waals surface area contributed by atoms with E-state index in [0.717, 1.165) is 5.69 Å². The Balaban J connectivity index is 1.93. The zero-order chi connectivity index (χ0) is 19.8. The maximum absolute atomic E-state index is 13.2. The third-order valence-corrected chi connectivity index (χ3v) is 3.99. The number of carbonyl (C=O) groups is 1. The van der Waals surface area contributed by atoms with Crippen molar-refractivity contribution in [1.29, 1.82) is 10.5 Å². The van der Waals surface area contributed by atoms with Gasteiger partial charge >= 0.3 is 0 Å². The molecule has 5 nitrogen and oxygen atoms in total. The molecule has 1 amide bonds. The van der Waals surface area contributed by atoms with Gasteiger partial charge in [0.2, 0.25) is 0 Å². The van der Waals surface area contributed by atoms with Gasteiger partial charge in [-0.1, -0.05) is 36.4 Å². The number of carbonyl (C=O) groups excluding carboxylic acids is 1. The van der Waals surface area contributed by atoms with Crippen molar-refractivity contribution in [2.24, 2.45) is 0 Å². The van der Waals surface area contributed by atoms with Gasteiger partial charge in [0.05, 0.1) is 0 Å².